The quantitative estimate of drug-likeness (QED) is 0.839. The maximum Gasteiger partial charge on any atom is 0.203 e. The van der Waals surface area contributed by atoms with E-state index in [-0.39, 0.29) is 6.04 Å². The van der Waals surface area contributed by atoms with Crippen LogP contribution < -0.4 is 24.3 Å². The molecule has 0 radical (unpaired) electrons. The highest BCUT2D eigenvalue weighted by atomic mass is 16.5. The molecule has 0 fully saturated rings. The van der Waals surface area contributed by atoms with Crippen LogP contribution in [-0.2, 0) is 0 Å². The summed E-state index contributed by atoms with van der Waals surface area (Å²) in [5, 5.41) is 3.25. The van der Waals surface area contributed by atoms with E-state index in [9.17, 15) is 0 Å². The number of benzene rings is 2. The van der Waals surface area contributed by atoms with Crippen molar-refractivity contribution in [2.24, 2.45) is 0 Å². The summed E-state index contributed by atoms with van der Waals surface area (Å²) in [6, 6.07) is 10.2. The van der Waals surface area contributed by atoms with Gasteiger partial charge in [-0.05, 0) is 43.8 Å². The number of rotatable bonds is 7. The fraction of sp³-hybridized carbons (Fsp3) is 0.368. The molecule has 0 saturated carbocycles. The average molecular weight is 331 g/mol. The molecular formula is C19H25NO4. The van der Waals surface area contributed by atoms with Gasteiger partial charge in [0.25, 0.3) is 0 Å². The molecule has 130 valence electrons. The lowest BCUT2D eigenvalue weighted by molar-refractivity contribution is 0.325. The predicted molar refractivity (Wildman–Crippen MR) is 95.6 cm³/mol. The van der Waals surface area contributed by atoms with Gasteiger partial charge in [0.15, 0.2) is 11.5 Å². The van der Waals surface area contributed by atoms with E-state index in [2.05, 4.69) is 24.4 Å². The van der Waals surface area contributed by atoms with Crippen LogP contribution in [0.3, 0.4) is 0 Å². The monoisotopic (exact) mass is 331 g/mol. The summed E-state index contributed by atoms with van der Waals surface area (Å²) in [6.45, 7) is 2.11. The normalized spacial score (nSPS) is 11.8. The Labute approximate surface area is 143 Å². The van der Waals surface area contributed by atoms with Gasteiger partial charge in [-0.1, -0.05) is 6.07 Å². The van der Waals surface area contributed by atoms with E-state index < -0.39 is 0 Å². The molecule has 0 saturated heterocycles. The van der Waals surface area contributed by atoms with E-state index in [1.54, 1.807) is 28.4 Å². The SMILES string of the molecule is CNC(C)c1ccc(OC)c(-c2ccc(OC)c(OC)c2OC)c1. The Morgan fingerprint density at radius 3 is 1.92 bits per heavy atom. The van der Waals surface area contributed by atoms with E-state index in [4.69, 9.17) is 18.9 Å². The number of nitrogens with one attached hydrogen (secondary N) is 1. The highest BCUT2D eigenvalue weighted by Gasteiger charge is 2.20. The van der Waals surface area contributed by atoms with Crippen LogP contribution in [0.25, 0.3) is 11.1 Å². The lowest BCUT2D eigenvalue weighted by atomic mass is 9.97. The summed E-state index contributed by atoms with van der Waals surface area (Å²) in [6.07, 6.45) is 0. The van der Waals surface area contributed by atoms with Crippen LogP contribution in [0.4, 0.5) is 0 Å². The number of hydrogen-bond donors (Lipinski definition) is 1. The molecule has 1 N–H and O–H groups in total. The molecule has 1 atom stereocenters. The molecular weight excluding hydrogens is 306 g/mol. The molecule has 0 aliphatic heterocycles. The Morgan fingerprint density at radius 1 is 0.750 bits per heavy atom. The van der Waals surface area contributed by atoms with Crippen molar-refractivity contribution < 1.29 is 18.9 Å². The average Bonchev–Trinajstić information content (AvgIpc) is 2.65. The Morgan fingerprint density at radius 2 is 1.38 bits per heavy atom. The summed E-state index contributed by atoms with van der Waals surface area (Å²) >= 11 is 0. The molecule has 0 aliphatic carbocycles. The van der Waals surface area contributed by atoms with Crippen molar-refractivity contribution in [3.8, 4) is 34.1 Å². The largest absolute Gasteiger partial charge is 0.496 e. The van der Waals surface area contributed by atoms with E-state index >= 15 is 0 Å². The maximum atomic E-state index is 5.61. The van der Waals surface area contributed by atoms with E-state index in [0.717, 1.165) is 22.4 Å². The van der Waals surface area contributed by atoms with Gasteiger partial charge < -0.3 is 24.3 Å². The third-order valence-electron chi connectivity index (χ3n) is 4.15. The standard InChI is InChI=1S/C19H25NO4/c1-12(20-2)13-7-9-16(21-3)15(11-13)14-8-10-17(22-4)19(24-6)18(14)23-5/h7-12,20H,1-6H3. The molecule has 0 heterocycles. The highest BCUT2D eigenvalue weighted by molar-refractivity contribution is 5.80. The van der Waals surface area contributed by atoms with Gasteiger partial charge in [-0.15, -0.1) is 0 Å². The summed E-state index contributed by atoms with van der Waals surface area (Å²) in [7, 11) is 8.42. The van der Waals surface area contributed by atoms with Crippen LogP contribution >= 0.6 is 0 Å². The highest BCUT2D eigenvalue weighted by Crippen LogP contribution is 2.46. The Bertz CT molecular complexity index is 700. The molecule has 0 aromatic heterocycles. The van der Waals surface area contributed by atoms with E-state index in [1.807, 2.05) is 25.2 Å². The first-order valence-corrected chi connectivity index (χ1v) is 7.75. The van der Waals surface area contributed by atoms with Crippen LogP contribution in [0.15, 0.2) is 30.3 Å². The van der Waals surface area contributed by atoms with E-state index in [1.165, 1.54) is 0 Å². The number of ether oxygens (including phenoxy) is 4. The third-order valence-corrected chi connectivity index (χ3v) is 4.15. The molecule has 5 nitrogen and oxygen atoms in total. The second-order valence-corrected chi connectivity index (χ2v) is 5.35. The lowest BCUT2D eigenvalue weighted by Gasteiger charge is -2.19. The molecule has 1 unspecified atom stereocenters. The van der Waals surface area contributed by atoms with Gasteiger partial charge in [0.1, 0.15) is 5.75 Å². The Balaban J connectivity index is 2.70. The maximum absolute atomic E-state index is 5.61. The van der Waals surface area contributed by atoms with Gasteiger partial charge >= 0.3 is 0 Å². The smallest absolute Gasteiger partial charge is 0.203 e. The minimum atomic E-state index is 0.223. The first kappa shape index (κ1) is 17.9. The van der Waals surface area contributed by atoms with Crippen LogP contribution in [0.1, 0.15) is 18.5 Å². The lowest BCUT2D eigenvalue weighted by Crippen LogP contribution is -2.12. The second kappa shape index (κ2) is 7.93. The zero-order valence-corrected chi connectivity index (χ0v) is 15.1. The Kier molecular flexibility index (Phi) is 5.93. The molecule has 24 heavy (non-hydrogen) atoms. The van der Waals surface area contributed by atoms with E-state index in [0.29, 0.717) is 17.2 Å². The van der Waals surface area contributed by atoms with Crippen LogP contribution in [-0.4, -0.2) is 35.5 Å². The molecule has 0 spiro atoms. The second-order valence-electron chi connectivity index (χ2n) is 5.35. The molecule has 5 heteroatoms. The topological polar surface area (TPSA) is 49.0 Å². The van der Waals surface area contributed by atoms with Crippen molar-refractivity contribution in [3.63, 3.8) is 0 Å². The molecule has 0 aliphatic rings. The number of hydrogen-bond acceptors (Lipinski definition) is 5. The number of methoxy groups -OCH3 is 4. The van der Waals surface area contributed by atoms with Crippen LogP contribution in [0.2, 0.25) is 0 Å². The Hall–Kier alpha value is -2.40. The molecule has 0 amide bonds. The summed E-state index contributed by atoms with van der Waals surface area (Å²) in [4.78, 5) is 0. The zero-order chi connectivity index (χ0) is 17.7. The van der Waals surface area contributed by atoms with Crippen LogP contribution in [0, 0.1) is 0 Å². The molecule has 2 aromatic rings. The van der Waals surface area contributed by atoms with Gasteiger partial charge in [-0.3, -0.25) is 0 Å². The fourth-order valence-corrected chi connectivity index (χ4v) is 2.69. The van der Waals surface area contributed by atoms with Gasteiger partial charge in [0.2, 0.25) is 5.75 Å². The molecule has 2 aromatic carbocycles. The molecule has 2 rings (SSSR count). The van der Waals surface area contributed by atoms with Crippen LogP contribution in [0.5, 0.6) is 23.0 Å². The van der Waals surface area contributed by atoms with Gasteiger partial charge in [-0.25, -0.2) is 0 Å². The minimum Gasteiger partial charge on any atom is -0.496 e. The summed E-state index contributed by atoms with van der Waals surface area (Å²) < 4.78 is 22.0. The minimum absolute atomic E-state index is 0.223. The first-order chi connectivity index (χ1) is 11.6. The summed E-state index contributed by atoms with van der Waals surface area (Å²) in [5.41, 5.74) is 2.98. The van der Waals surface area contributed by atoms with Gasteiger partial charge in [0.05, 0.1) is 28.4 Å². The fourth-order valence-electron chi connectivity index (χ4n) is 2.69. The van der Waals surface area contributed by atoms with Crippen molar-refractivity contribution >= 4 is 0 Å². The van der Waals surface area contributed by atoms with Gasteiger partial charge in [0, 0.05) is 17.2 Å². The van der Waals surface area contributed by atoms with Crippen molar-refractivity contribution in [1.29, 1.82) is 0 Å². The van der Waals surface area contributed by atoms with Crippen molar-refractivity contribution in [2.45, 2.75) is 13.0 Å². The summed E-state index contributed by atoms with van der Waals surface area (Å²) in [5.74, 6) is 2.57. The predicted octanol–water partition coefficient (Wildman–Crippen LogP) is 3.67. The van der Waals surface area contributed by atoms with Crippen molar-refractivity contribution in [1.82, 2.24) is 5.32 Å². The first-order valence-electron chi connectivity index (χ1n) is 7.75. The van der Waals surface area contributed by atoms with Crippen molar-refractivity contribution in [2.75, 3.05) is 35.5 Å². The van der Waals surface area contributed by atoms with Gasteiger partial charge in [-0.2, -0.15) is 0 Å². The zero-order valence-electron chi connectivity index (χ0n) is 15.1. The van der Waals surface area contributed by atoms with Crippen molar-refractivity contribution in [3.05, 3.63) is 35.9 Å². The third kappa shape index (κ3) is 3.26. The molecule has 0 bridgehead atoms.